The number of fused-ring (bicyclic) bond motifs is 1. The molecule has 1 amide bonds. The molecule has 0 saturated carbocycles. The van der Waals surface area contributed by atoms with Crippen molar-refractivity contribution in [1.82, 2.24) is 15.3 Å². The summed E-state index contributed by atoms with van der Waals surface area (Å²) in [7, 11) is 1.87. The van der Waals surface area contributed by atoms with Gasteiger partial charge in [0, 0.05) is 30.7 Å². The summed E-state index contributed by atoms with van der Waals surface area (Å²) < 4.78 is 0. The van der Waals surface area contributed by atoms with Crippen molar-refractivity contribution in [3.63, 3.8) is 0 Å². The second kappa shape index (κ2) is 7.39. The van der Waals surface area contributed by atoms with E-state index >= 15 is 0 Å². The molecule has 2 aromatic heterocycles. The summed E-state index contributed by atoms with van der Waals surface area (Å²) in [5.74, 6) is 0.742. The summed E-state index contributed by atoms with van der Waals surface area (Å²) in [5.41, 5.74) is 1.11. The van der Waals surface area contributed by atoms with Crippen LogP contribution in [0.5, 0.6) is 0 Å². The quantitative estimate of drug-likeness (QED) is 0.659. The lowest BCUT2D eigenvalue weighted by atomic mass is 9.97. The SMILES string of the molecule is CNc1ncc(-c2ccc3cnc(NC(=O)C4CCNCC4)cc3c2)s1. The molecule has 0 spiro atoms. The number of thiazole rings is 1. The van der Waals surface area contributed by atoms with Crippen LogP contribution in [0, 0.1) is 5.92 Å². The molecule has 1 saturated heterocycles. The van der Waals surface area contributed by atoms with Crippen molar-refractivity contribution in [3.8, 4) is 10.4 Å². The zero-order valence-corrected chi connectivity index (χ0v) is 15.4. The number of piperidine rings is 1. The van der Waals surface area contributed by atoms with E-state index in [1.807, 2.05) is 25.5 Å². The zero-order chi connectivity index (χ0) is 17.9. The molecule has 0 aliphatic carbocycles. The van der Waals surface area contributed by atoms with Crippen LogP contribution >= 0.6 is 11.3 Å². The van der Waals surface area contributed by atoms with Crippen LogP contribution in [0.4, 0.5) is 10.9 Å². The predicted molar refractivity (Wildman–Crippen MR) is 107 cm³/mol. The second-order valence-corrected chi connectivity index (χ2v) is 7.46. The van der Waals surface area contributed by atoms with Gasteiger partial charge >= 0.3 is 0 Å². The molecule has 3 aromatic rings. The van der Waals surface area contributed by atoms with Crippen LogP contribution in [0.15, 0.2) is 36.7 Å². The number of rotatable bonds is 4. The third kappa shape index (κ3) is 3.54. The number of amides is 1. The van der Waals surface area contributed by atoms with Crippen LogP contribution in [0.2, 0.25) is 0 Å². The number of carbonyl (C=O) groups excluding carboxylic acids is 1. The van der Waals surface area contributed by atoms with Gasteiger partial charge < -0.3 is 16.0 Å². The summed E-state index contributed by atoms with van der Waals surface area (Å²) >= 11 is 1.61. The highest BCUT2D eigenvalue weighted by molar-refractivity contribution is 7.18. The van der Waals surface area contributed by atoms with E-state index in [1.54, 1.807) is 11.3 Å². The maximum atomic E-state index is 12.4. The standard InChI is InChI=1S/C19H21N5OS/c1-20-19-23-11-16(26-19)13-2-3-14-10-22-17(9-15(14)8-13)24-18(25)12-4-6-21-7-5-12/h2-3,8-12,21H,4-7H2,1H3,(H,20,23)(H,22,24,25). The van der Waals surface area contributed by atoms with Crippen molar-refractivity contribution in [1.29, 1.82) is 0 Å². The van der Waals surface area contributed by atoms with Crippen LogP contribution < -0.4 is 16.0 Å². The number of carbonyl (C=O) groups is 1. The van der Waals surface area contributed by atoms with Crippen LogP contribution in [0.25, 0.3) is 21.2 Å². The van der Waals surface area contributed by atoms with Gasteiger partial charge in [-0.1, -0.05) is 23.5 Å². The molecule has 3 heterocycles. The zero-order valence-electron chi connectivity index (χ0n) is 14.6. The molecule has 1 fully saturated rings. The van der Waals surface area contributed by atoms with E-state index in [0.717, 1.165) is 52.3 Å². The Bertz CT molecular complexity index is 933. The fraction of sp³-hybridized carbons (Fsp3) is 0.316. The average molecular weight is 367 g/mol. The molecule has 1 aliphatic rings. The summed E-state index contributed by atoms with van der Waals surface area (Å²) in [6, 6.07) is 8.18. The van der Waals surface area contributed by atoms with E-state index in [-0.39, 0.29) is 11.8 Å². The van der Waals surface area contributed by atoms with Gasteiger partial charge in [-0.05, 0) is 49.0 Å². The Labute approximate surface area is 156 Å². The molecule has 1 aliphatic heterocycles. The molecular weight excluding hydrogens is 346 g/mol. The summed E-state index contributed by atoms with van der Waals surface area (Å²) in [5, 5.41) is 12.3. The Morgan fingerprint density at radius 1 is 1.15 bits per heavy atom. The van der Waals surface area contributed by atoms with Crippen molar-refractivity contribution < 1.29 is 4.79 Å². The lowest BCUT2D eigenvalue weighted by Crippen LogP contribution is -2.34. The highest BCUT2D eigenvalue weighted by Crippen LogP contribution is 2.31. The number of hydrogen-bond acceptors (Lipinski definition) is 6. The minimum Gasteiger partial charge on any atom is -0.365 e. The lowest BCUT2D eigenvalue weighted by molar-refractivity contribution is -0.120. The van der Waals surface area contributed by atoms with E-state index in [9.17, 15) is 4.79 Å². The van der Waals surface area contributed by atoms with Gasteiger partial charge in [-0.15, -0.1) is 0 Å². The van der Waals surface area contributed by atoms with Gasteiger partial charge in [0.05, 0.1) is 4.88 Å². The van der Waals surface area contributed by atoms with Crippen LogP contribution in [-0.4, -0.2) is 36.0 Å². The van der Waals surface area contributed by atoms with E-state index in [0.29, 0.717) is 5.82 Å². The molecule has 0 unspecified atom stereocenters. The molecular formula is C19H21N5OS. The first-order valence-corrected chi connectivity index (χ1v) is 9.60. The van der Waals surface area contributed by atoms with Crippen molar-refractivity contribution in [3.05, 3.63) is 36.7 Å². The number of aromatic nitrogens is 2. The minimum absolute atomic E-state index is 0.0654. The fourth-order valence-corrected chi connectivity index (χ4v) is 3.96. The second-order valence-electron chi connectivity index (χ2n) is 6.42. The van der Waals surface area contributed by atoms with Gasteiger partial charge in [-0.2, -0.15) is 0 Å². The summed E-state index contributed by atoms with van der Waals surface area (Å²) in [6.45, 7) is 1.80. The normalized spacial score (nSPS) is 15.1. The van der Waals surface area contributed by atoms with E-state index in [4.69, 9.17) is 0 Å². The van der Waals surface area contributed by atoms with Gasteiger partial charge in [0.1, 0.15) is 5.82 Å². The number of nitrogens with zero attached hydrogens (tertiary/aromatic N) is 2. The van der Waals surface area contributed by atoms with Crippen LogP contribution in [0.1, 0.15) is 12.8 Å². The highest BCUT2D eigenvalue weighted by atomic mass is 32.1. The number of benzene rings is 1. The van der Waals surface area contributed by atoms with E-state index < -0.39 is 0 Å². The Morgan fingerprint density at radius 3 is 2.77 bits per heavy atom. The van der Waals surface area contributed by atoms with Crippen LogP contribution in [0.3, 0.4) is 0 Å². The Morgan fingerprint density at radius 2 is 2.00 bits per heavy atom. The number of pyridine rings is 1. The largest absolute Gasteiger partial charge is 0.365 e. The molecule has 134 valence electrons. The van der Waals surface area contributed by atoms with Gasteiger partial charge in [0.2, 0.25) is 5.91 Å². The maximum Gasteiger partial charge on any atom is 0.228 e. The third-order valence-electron chi connectivity index (χ3n) is 4.69. The Balaban J connectivity index is 1.58. The first-order valence-electron chi connectivity index (χ1n) is 8.78. The van der Waals surface area contributed by atoms with Crippen molar-refractivity contribution >= 4 is 39.0 Å². The van der Waals surface area contributed by atoms with Gasteiger partial charge in [0.25, 0.3) is 0 Å². The molecule has 6 nitrogen and oxygen atoms in total. The maximum absolute atomic E-state index is 12.4. The first-order chi connectivity index (χ1) is 12.7. The number of nitrogens with one attached hydrogen (secondary N) is 3. The molecule has 0 bridgehead atoms. The number of anilines is 2. The fourth-order valence-electron chi connectivity index (χ4n) is 3.20. The monoisotopic (exact) mass is 367 g/mol. The molecule has 7 heteroatoms. The Kier molecular flexibility index (Phi) is 4.81. The third-order valence-corrected chi connectivity index (χ3v) is 5.75. The molecule has 0 radical (unpaired) electrons. The first kappa shape index (κ1) is 16.9. The molecule has 4 rings (SSSR count). The summed E-state index contributed by atoms with van der Waals surface area (Å²) in [4.78, 5) is 22.3. The van der Waals surface area contributed by atoms with E-state index in [1.165, 1.54) is 0 Å². The minimum atomic E-state index is 0.0654. The van der Waals surface area contributed by atoms with Crippen LogP contribution in [-0.2, 0) is 4.79 Å². The van der Waals surface area contributed by atoms with Gasteiger partial charge in [0.15, 0.2) is 5.13 Å². The topological polar surface area (TPSA) is 78.9 Å². The van der Waals surface area contributed by atoms with Crippen molar-refractivity contribution in [2.75, 3.05) is 30.8 Å². The average Bonchev–Trinajstić information content (AvgIpc) is 3.17. The smallest absolute Gasteiger partial charge is 0.228 e. The summed E-state index contributed by atoms with van der Waals surface area (Å²) in [6.07, 6.45) is 5.44. The molecule has 0 atom stereocenters. The molecule has 26 heavy (non-hydrogen) atoms. The Hall–Kier alpha value is -2.51. The molecule has 3 N–H and O–H groups in total. The highest BCUT2D eigenvalue weighted by Gasteiger charge is 2.21. The van der Waals surface area contributed by atoms with E-state index in [2.05, 4.69) is 44.1 Å². The molecule has 1 aromatic carbocycles. The van der Waals surface area contributed by atoms with Gasteiger partial charge in [-0.3, -0.25) is 4.79 Å². The number of hydrogen-bond donors (Lipinski definition) is 3. The van der Waals surface area contributed by atoms with Crippen molar-refractivity contribution in [2.24, 2.45) is 5.92 Å². The van der Waals surface area contributed by atoms with Crippen molar-refractivity contribution in [2.45, 2.75) is 12.8 Å². The van der Waals surface area contributed by atoms with Gasteiger partial charge in [-0.25, -0.2) is 9.97 Å². The predicted octanol–water partition coefficient (Wildman–Crippen LogP) is 3.34. The lowest BCUT2D eigenvalue weighted by Gasteiger charge is -2.21.